The minimum absolute atomic E-state index is 0.121. The Labute approximate surface area is 162 Å². The summed E-state index contributed by atoms with van der Waals surface area (Å²) in [7, 11) is 0. The topological polar surface area (TPSA) is 122 Å². The van der Waals surface area contributed by atoms with Crippen molar-refractivity contribution in [3.8, 4) is 0 Å². The van der Waals surface area contributed by atoms with E-state index >= 15 is 0 Å². The molecule has 1 saturated carbocycles. The third kappa shape index (κ3) is 4.16. The van der Waals surface area contributed by atoms with E-state index in [9.17, 15) is 19.5 Å². The molecule has 1 aliphatic carbocycles. The van der Waals surface area contributed by atoms with E-state index in [1.807, 2.05) is 16.8 Å². The molecule has 1 heterocycles. The summed E-state index contributed by atoms with van der Waals surface area (Å²) in [6.07, 6.45) is 5.91. The predicted molar refractivity (Wildman–Crippen MR) is 102 cm³/mol. The number of nitrogens with one attached hydrogen (secondary N) is 1. The number of fused-ring (bicyclic) bond motifs is 1. The highest BCUT2D eigenvalue weighted by atomic mass is 16.4. The van der Waals surface area contributed by atoms with Crippen LogP contribution in [0, 0.1) is 11.8 Å². The summed E-state index contributed by atoms with van der Waals surface area (Å²) in [6.45, 7) is 1.96. The van der Waals surface area contributed by atoms with Crippen LogP contribution in [0.15, 0.2) is 24.3 Å². The molecule has 0 aliphatic heterocycles. The van der Waals surface area contributed by atoms with Crippen LogP contribution in [0.25, 0.3) is 10.9 Å². The standard InChI is InChI=1S/C20H25N3O5/c1-12(19(25)26)16(20(27)28)21-18(24)17-14-9-5-6-10-15(14)23(22-17)11-13-7-3-2-4-8-13/h5-6,9-10,12-13,16H,2-4,7-8,11H2,1H3,(H,21,24)(H,25,26)(H,27,28)/t12-,16-/m0/s1. The highest BCUT2D eigenvalue weighted by molar-refractivity contribution is 6.06. The molecule has 0 bridgehead atoms. The van der Waals surface area contributed by atoms with Crippen molar-refractivity contribution in [3.05, 3.63) is 30.0 Å². The predicted octanol–water partition coefficient (Wildman–Crippen LogP) is 2.52. The fourth-order valence-corrected chi connectivity index (χ4v) is 3.80. The number of benzene rings is 1. The van der Waals surface area contributed by atoms with Gasteiger partial charge in [0.15, 0.2) is 5.69 Å². The number of hydrogen-bond donors (Lipinski definition) is 3. The maximum absolute atomic E-state index is 12.8. The van der Waals surface area contributed by atoms with Crippen LogP contribution in [0.1, 0.15) is 49.5 Å². The van der Waals surface area contributed by atoms with Gasteiger partial charge in [-0.2, -0.15) is 5.10 Å². The number of rotatable bonds is 7. The number of carboxylic acids is 2. The second kappa shape index (κ2) is 8.41. The van der Waals surface area contributed by atoms with Crippen molar-refractivity contribution < 1.29 is 24.6 Å². The third-order valence-corrected chi connectivity index (χ3v) is 5.47. The maximum Gasteiger partial charge on any atom is 0.327 e. The van der Waals surface area contributed by atoms with Crippen molar-refractivity contribution in [2.24, 2.45) is 11.8 Å². The van der Waals surface area contributed by atoms with Gasteiger partial charge in [0.05, 0.1) is 11.4 Å². The fraction of sp³-hybridized carbons (Fsp3) is 0.500. The SMILES string of the molecule is C[C@H](C(=O)O)[C@H](NC(=O)c1nn(CC2CCCCC2)c2ccccc12)C(=O)O. The minimum atomic E-state index is -1.53. The minimum Gasteiger partial charge on any atom is -0.481 e. The van der Waals surface area contributed by atoms with Crippen molar-refractivity contribution in [3.63, 3.8) is 0 Å². The Kier molecular flexibility index (Phi) is 5.96. The number of carbonyl (C=O) groups is 3. The Bertz CT molecular complexity index is 885. The van der Waals surface area contributed by atoms with Crippen molar-refractivity contribution in [2.75, 3.05) is 0 Å². The van der Waals surface area contributed by atoms with Crippen molar-refractivity contribution >= 4 is 28.7 Å². The van der Waals surface area contributed by atoms with Gasteiger partial charge in [-0.1, -0.05) is 37.5 Å². The zero-order chi connectivity index (χ0) is 20.3. The van der Waals surface area contributed by atoms with Crippen LogP contribution >= 0.6 is 0 Å². The average molecular weight is 387 g/mol. The first-order valence-corrected chi connectivity index (χ1v) is 9.60. The van der Waals surface area contributed by atoms with Crippen molar-refractivity contribution in [1.82, 2.24) is 15.1 Å². The first-order chi connectivity index (χ1) is 13.4. The molecule has 1 aromatic heterocycles. The number of carboxylic acid groups (broad SMARTS) is 2. The van der Waals surface area contributed by atoms with Crippen molar-refractivity contribution in [2.45, 2.75) is 51.6 Å². The second-order valence-corrected chi connectivity index (χ2v) is 7.47. The molecular formula is C20H25N3O5. The van der Waals surface area contributed by atoms with E-state index in [2.05, 4.69) is 10.4 Å². The van der Waals surface area contributed by atoms with Crippen LogP contribution in [-0.4, -0.2) is 43.9 Å². The van der Waals surface area contributed by atoms with Crippen molar-refractivity contribution in [1.29, 1.82) is 0 Å². The van der Waals surface area contributed by atoms with E-state index in [4.69, 9.17) is 5.11 Å². The molecule has 0 unspecified atom stereocenters. The molecule has 150 valence electrons. The van der Waals surface area contributed by atoms with Gasteiger partial charge < -0.3 is 15.5 Å². The molecule has 3 N–H and O–H groups in total. The first-order valence-electron chi connectivity index (χ1n) is 9.60. The maximum atomic E-state index is 12.8. The third-order valence-electron chi connectivity index (χ3n) is 5.47. The van der Waals surface area contributed by atoms with Gasteiger partial charge in [0.2, 0.25) is 0 Å². The number of para-hydroxylation sites is 1. The van der Waals surface area contributed by atoms with Gasteiger partial charge in [-0.05, 0) is 31.7 Å². The normalized spacial score (nSPS) is 17.2. The highest BCUT2D eigenvalue weighted by Crippen LogP contribution is 2.27. The summed E-state index contributed by atoms with van der Waals surface area (Å²) >= 11 is 0. The van der Waals surface area contributed by atoms with Gasteiger partial charge in [-0.25, -0.2) is 4.79 Å². The lowest BCUT2D eigenvalue weighted by Gasteiger charge is -2.21. The average Bonchev–Trinajstić information content (AvgIpc) is 3.04. The Morgan fingerprint density at radius 3 is 2.46 bits per heavy atom. The molecule has 1 aromatic carbocycles. The smallest absolute Gasteiger partial charge is 0.327 e. The van der Waals surface area contributed by atoms with Crippen LogP contribution in [-0.2, 0) is 16.1 Å². The van der Waals surface area contributed by atoms with Gasteiger partial charge in [-0.15, -0.1) is 0 Å². The molecule has 1 amide bonds. The summed E-state index contributed by atoms with van der Waals surface area (Å²) in [5, 5.41) is 25.8. The number of nitrogens with zero attached hydrogens (tertiary/aromatic N) is 2. The summed E-state index contributed by atoms with van der Waals surface area (Å²) < 4.78 is 1.82. The second-order valence-electron chi connectivity index (χ2n) is 7.47. The van der Waals surface area contributed by atoms with Gasteiger partial charge in [0, 0.05) is 11.9 Å². The summed E-state index contributed by atoms with van der Waals surface area (Å²) in [4.78, 5) is 35.4. The molecule has 3 rings (SSSR count). The van der Waals surface area contributed by atoms with Crippen LogP contribution in [0.3, 0.4) is 0 Å². The molecule has 0 spiro atoms. The number of aromatic nitrogens is 2. The Morgan fingerprint density at radius 1 is 1.14 bits per heavy atom. The lowest BCUT2D eigenvalue weighted by Crippen LogP contribution is -2.47. The summed E-state index contributed by atoms with van der Waals surface area (Å²) in [5.41, 5.74) is 0.937. The Balaban J connectivity index is 1.88. The first kappa shape index (κ1) is 19.9. The van der Waals surface area contributed by atoms with Crippen LogP contribution < -0.4 is 5.32 Å². The number of carbonyl (C=O) groups excluding carboxylic acids is 1. The lowest BCUT2D eigenvalue weighted by molar-refractivity contribution is -0.149. The van der Waals surface area contributed by atoms with E-state index in [-0.39, 0.29) is 5.69 Å². The monoisotopic (exact) mass is 387 g/mol. The van der Waals surface area contributed by atoms with Gasteiger partial charge in [0.25, 0.3) is 5.91 Å². The molecule has 1 aliphatic rings. The lowest BCUT2D eigenvalue weighted by atomic mass is 9.89. The highest BCUT2D eigenvalue weighted by Gasteiger charge is 2.33. The molecule has 2 atom stereocenters. The molecule has 0 radical (unpaired) electrons. The van der Waals surface area contributed by atoms with Gasteiger partial charge in [-0.3, -0.25) is 14.3 Å². The number of aliphatic carboxylic acids is 2. The van der Waals surface area contributed by atoms with Crippen LogP contribution in [0.4, 0.5) is 0 Å². The Hall–Kier alpha value is -2.90. The molecular weight excluding hydrogens is 362 g/mol. The number of hydrogen-bond acceptors (Lipinski definition) is 4. The molecule has 1 fully saturated rings. The Morgan fingerprint density at radius 2 is 1.82 bits per heavy atom. The van der Waals surface area contributed by atoms with E-state index in [0.29, 0.717) is 17.8 Å². The largest absolute Gasteiger partial charge is 0.481 e. The van der Waals surface area contributed by atoms with E-state index in [1.165, 1.54) is 26.2 Å². The van der Waals surface area contributed by atoms with E-state index in [1.54, 1.807) is 12.1 Å². The van der Waals surface area contributed by atoms with Crippen LogP contribution in [0.2, 0.25) is 0 Å². The molecule has 28 heavy (non-hydrogen) atoms. The molecule has 8 nitrogen and oxygen atoms in total. The zero-order valence-electron chi connectivity index (χ0n) is 15.8. The number of amides is 1. The van der Waals surface area contributed by atoms with E-state index < -0.39 is 29.8 Å². The quantitative estimate of drug-likeness (QED) is 0.671. The molecule has 2 aromatic rings. The molecule has 0 saturated heterocycles. The summed E-state index contributed by atoms with van der Waals surface area (Å²) in [6, 6.07) is 5.78. The molecule has 8 heteroatoms. The van der Waals surface area contributed by atoms with Crippen LogP contribution in [0.5, 0.6) is 0 Å². The fourth-order valence-electron chi connectivity index (χ4n) is 3.80. The summed E-state index contributed by atoms with van der Waals surface area (Å²) in [5.74, 6) is -4.13. The van der Waals surface area contributed by atoms with Gasteiger partial charge >= 0.3 is 11.9 Å². The van der Waals surface area contributed by atoms with Gasteiger partial charge in [0.1, 0.15) is 6.04 Å². The van der Waals surface area contributed by atoms with E-state index in [0.717, 1.165) is 18.4 Å². The zero-order valence-corrected chi connectivity index (χ0v) is 15.8.